The van der Waals surface area contributed by atoms with Gasteiger partial charge in [-0.2, -0.15) is 0 Å². The van der Waals surface area contributed by atoms with Crippen molar-refractivity contribution in [3.8, 4) is 0 Å². The van der Waals surface area contributed by atoms with E-state index in [4.69, 9.17) is 0 Å². The van der Waals surface area contributed by atoms with Crippen molar-refractivity contribution in [2.24, 2.45) is 0 Å². The summed E-state index contributed by atoms with van der Waals surface area (Å²) >= 11 is 0. The first-order valence-electron chi connectivity index (χ1n) is 3.94. The van der Waals surface area contributed by atoms with Gasteiger partial charge in [0.05, 0.1) is 0 Å². The lowest BCUT2D eigenvalue weighted by molar-refractivity contribution is 0.112. The summed E-state index contributed by atoms with van der Waals surface area (Å²) in [7, 11) is 1.81. The highest BCUT2D eigenvalue weighted by Gasteiger charge is 1.98. The molecule has 13 heavy (non-hydrogen) atoms. The third kappa shape index (κ3) is 2.08. The fraction of sp³-hybridized carbons (Fsp3) is 0.0909. The van der Waals surface area contributed by atoms with Crippen molar-refractivity contribution in [3.05, 3.63) is 41.6 Å². The van der Waals surface area contributed by atoms with Crippen LogP contribution >= 0.6 is 0 Å². The Morgan fingerprint density at radius 3 is 2.85 bits per heavy atom. The van der Waals surface area contributed by atoms with E-state index in [1.165, 1.54) is 0 Å². The smallest absolute Gasteiger partial charge is 0.150 e. The third-order valence-electron chi connectivity index (χ3n) is 1.74. The molecule has 0 unspecified atom stereocenters. The van der Waals surface area contributed by atoms with Gasteiger partial charge >= 0.3 is 0 Å². The van der Waals surface area contributed by atoms with E-state index in [-0.39, 0.29) is 0 Å². The highest BCUT2D eigenvalue weighted by atomic mass is 16.1. The summed E-state index contributed by atoms with van der Waals surface area (Å²) in [5, 5.41) is 3.00. The summed E-state index contributed by atoms with van der Waals surface area (Å²) in [4.78, 5) is 10.5. The van der Waals surface area contributed by atoms with E-state index in [9.17, 15) is 4.79 Å². The molecule has 0 aliphatic heterocycles. The van der Waals surface area contributed by atoms with Gasteiger partial charge in [-0.15, -0.1) is 5.73 Å². The van der Waals surface area contributed by atoms with E-state index in [1.54, 1.807) is 18.2 Å². The Hall–Kier alpha value is -1.79. The number of rotatable bonds is 3. The molecule has 0 saturated carbocycles. The Morgan fingerprint density at radius 2 is 2.31 bits per heavy atom. The average Bonchev–Trinajstić information content (AvgIpc) is 2.19. The van der Waals surface area contributed by atoms with Crippen molar-refractivity contribution in [1.82, 2.24) is 0 Å². The lowest BCUT2D eigenvalue weighted by atomic mass is 10.1. The quantitative estimate of drug-likeness (QED) is 0.561. The summed E-state index contributed by atoms with van der Waals surface area (Å²) in [6.07, 6.45) is 2.59. The molecule has 0 saturated heterocycles. The summed E-state index contributed by atoms with van der Waals surface area (Å²) in [5.41, 5.74) is 5.23. The Kier molecular flexibility index (Phi) is 3.07. The van der Waals surface area contributed by atoms with Crippen molar-refractivity contribution in [3.63, 3.8) is 0 Å². The van der Waals surface area contributed by atoms with Crippen LogP contribution < -0.4 is 5.32 Å². The molecule has 1 N–H and O–H groups in total. The fourth-order valence-electron chi connectivity index (χ4n) is 1.10. The molecule has 0 aromatic heterocycles. The largest absolute Gasteiger partial charge is 0.388 e. The lowest BCUT2D eigenvalue weighted by Gasteiger charge is -2.04. The van der Waals surface area contributed by atoms with Crippen molar-refractivity contribution in [2.45, 2.75) is 0 Å². The Morgan fingerprint density at radius 1 is 1.54 bits per heavy atom. The molecule has 1 aromatic rings. The SMILES string of the molecule is C=C=Cc1ccc(C=O)cc1NC. The van der Waals surface area contributed by atoms with E-state index < -0.39 is 0 Å². The van der Waals surface area contributed by atoms with Crippen molar-refractivity contribution >= 4 is 18.0 Å². The van der Waals surface area contributed by atoms with Gasteiger partial charge in [-0.25, -0.2) is 0 Å². The van der Waals surface area contributed by atoms with Crippen LogP contribution in [-0.4, -0.2) is 13.3 Å². The van der Waals surface area contributed by atoms with Gasteiger partial charge in [0.25, 0.3) is 0 Å². The second kappa shape index (κ2) is 4.29. The summed E-state index contributed by atoms with van der Waals surface area (Å²) < 4.78 is 0. The monoisotopic (exact) mass is 173 g/mol. The highest BCUT2D eigenvalue weighted by molar-refractivity contribution is 5.80. The van der Waals surface area contributed by atoms with Gasteiger partial charge in [-0.05, 0) is 12.1 Å². The second-order valence-corrected chi connectivity index (χ2v) is 2.56. The van der Waals surface area contributed by atoms with E-state index >= 15 is 0 Å². The minimum Gasteiger partial charge on any atom is -0.388 e. The first kappa shape index (κ1) is 9.30. The van der Waals surface area contributed by atoms with Gasteiger partial charge in [0.15, 0.2) is 0 Å². The Bertz CT molecular complexity index is 362. The van der Waals surface area contributed by atoms with E-state index in [1.807, 2.05) is 13.1 Å². The molecule has 1 rings (SSSR count). The maximum absolute atomic E-state index is 10.5. The molecule has 66 valence electrons. The van der Waals surface area contributed by atoms with Crippen molar-refractivity contribution < 1.29 is 4.79 Å². The Balaban J connectivity index is 3.22. The predicted octanol–water partition coefficient (Wildman–Crippen LogP) is 2.34. The fourth-order valence-corrected chi connectivity index (χ4v) is 1.10. The molecule has 2 heteroatoms. The van der Waals surface area contributed by atoms with Crippen LogP contribution in [0.3, 0.4) is 0 Å². The zero-order valence-corrected chi connectivity index (χ0v) is 7.50. The molecule has 0 spiro atoms. The molecule has 0 bridgehead atoms. The zero-order valence-electron chi connectivity index (χ0n) is 7.50. The van der Waals surface area contributed by atoms with E-state index in [0.29, 0.717) is 5.56 Å². The normalized spacial score (nSPS) is 8.69. The van der Waals surface area contributed by atoms with E-state index in [2.05, 4.69) is 17.6 Å². The molecular weight excluding hydrogens is 162 g/mol. The average molecular weight is 173 g/mol. The van der Waals surface area contributed by atoms with Crippen LogP contribution in [0.1, 0.15) is 15.9 Å². The molecule has 0 aliphatic rings. The summed E-state index contributed by atoms with van der Waals surface area (Å²) in [5.74, 6) is 0. The topological polar surface area (TPSA) is 29.1 Å². The number of carbonyl (C=O) groups excluding carboxylic acids is 1. The van der Waals surface area contributed by atoms with Crippen LogP contribution in [0.5, 0.6) is 0 Å². The zero-order chi connectivity index (χ0) is 9.68. The number of hydrogen-bond acceptors (Lipinski definition) is 2. The maximum Gasteiger partial charge on any atom is 0.150 e. The molecule has 0 heterocycles. The van der Waals surface area contributed by atoms with Gasteiger partial charge < -0.3 is 5.32 Å². The van der Waals surface area contributed by atoms with E-state index in [0.717, 1.165) is 17.5 Å². The van der Waals surface area contributed by atoms with Crippen LogP contribution in [-0.2, 0) is 0 Å². The number of aldehydes is 1. The Labute approximate surface area is 77.6 Å². The molecule has 0 atom stereocenters. The molecule has 0 aliphatic carbocycles. The number of anilines is 1. The summed E-state index contributed by atoms with van der Waals surface area (Å²) in [6.45, 7) is 3.50. The molecular formula is C11H11NO. The van der Waals surface area contributed by atoms with Gasteiger partial charge in [-0.3, -0.25) is 4.79 Å². The summed E-state index contributed by atoms with van der Waals surface area (Å²) in [6, 6.07) is 5.40. The minimum atomic E-state index is 0.658. The first-order valence-corrected chi connectivity index (χ1v) is 3.94. The lowest BCUT2D eigenvalue weighted by Crippen LogP contribution is -1.92. The third-order valence-corrected chi connectivity index (χ3v) is 1.74. The van der Waals surface area contributed by atoms with Crippen LogP contribution in [0.4, 0.5) is 5.69 Å². The van der Waals surface area contributed by atoms with Crippen LogP contribution in [0.2, 0.25) is 0 Å². The van der Waals surface area contributed by atoms with Crippen LogP contribution in [0.25, 0.3) is 6.08 Å². The van der Waals surface area contributed by atoms with Crippen LogP contribution in [0, 0.1) is 0 Å². The molecule has 2 nitrogen and oxygen atoms in total. The van der Waals surface area contributed by atoms with Gasteiger partial charge in [0.2, 0.25) is 0 Å². The predicted molar refractivity (Wildman–Crippen MR) is 55.0 cm³/mol. The molecule has 0 amide bonds. The standard InChI is InChI=1S/C11H11NO/c1-3-4-10-6-5-9(8-13)7-11(10)12-2/h4-8,12H,1H2,2H3. The maximum atomic E-state index is 10.5. The van der Waals surface area contributed by atoms with Crippen LogP contribution in [0.15, 0.2) is 30.5 Å². The highest BCUT2D eigenvalue weighted by Crippen LogP contribution is 2.17. The number of benzene rings is 1. The number of nitrogens with one attached hydrogen (secondary N) is 1. The number of hydrogen-bond donors (Lipinski definition) is 1. The van der Waals surface area contributed by atoms with Gasteiger partial charge in [0, 0.05) is 23.9 Å². The molecule has 0 fully saturated rings. The molecule has 0 radical (unpaired) electrons. The molecule has 1 aromatic carbocycles. The van der Waals surface area contributed by atoms with Gasteiger partial charge in [-0.1, -0.05) is 18.7 Å². The first-order chi connectivity index (χ1) is 6.31. The number of carbonyl (C=O) groups is 1. The minimum absolute atomic E-state index is 0.658. The van der Waals surface area contributed by atoms with Crippen molar-refractivity contribution in [1.29, 1.82) is 0 Å². The second-order valence-electron chi connectivity index (χ2n) is 2.56. The van der Waals surface area contributed by atoms with Gasteiger partial charge in [0.1, 0.15) is 6.29 Å². The van der Waals surface area contributed by atoms with Crippen molar-refractivity contribution in [2.75, 3.05) is 12.4 Å².